The van der Waals surface area contributed by atoms with Crippen molar-refractivity contribution in [2.24, 2.45) is 0 Å². The van der Waals surface area contributed by atoms with Crippen molar-refractivity contribution in [3.05, 3.63) is 78.1 Å². The minimum Gasteiger partial charge on any atom is -0.492 e. The summed E-state index contributed by atoms with van der Waals surface area (Å²) >= 11 is 0. The first-order chi connectivity index (χ1) is 16.6. The molecule has 0 radical (unpaired) electrons. The Morgan fingerprint density at radius 1 is 1.12 bits per heavy atom. The third-order valence-corrected chi connectivity index (χ3v) is 5.72. The summed E-state index contributed by atoms with van der Waals surface area (Å²) in [5, 5.41) is 3.01. The van der Waals surface area contributed by atoms with Crippen molar-refractivity contribution in [1.82, 2.24) is 9.55 Å². The number of carbonyl (C=O) groups is 1. The number of ether oxygens (including phenoxy) is 3. The van der Waals surface area contributed by atoms with E-state index in [4.69, 9.17) is 19.2 Å². The van der Waals surface area contributed by atoms with E-state index in [9.17, 15) is 4.79 Å². The van der Waals surface area contributed by atoms with Crippen molar-refractivity contribution in [3.63, 3.8) is 0 Å². The van der Waals surface area contributed by atoms with Crippen molar-refractivity contribution in [1.29, 1.82) is 0 Å². The Bertz CT molecular complexity index is 1320. The number of carbonyl (C=O) groups excluding carboxylic acids is 1. The number of hydrogen-bond acceptors (Lipinski definition) is 5. The average Bonchev–Trinajstić information content (AvgIpc) is 3.37. The summed E-state index contributed by atoms with van der Waals surface area (Å²) in [7, 11) is 0. The Morgan fingerprint density at radius 3 is 2.74 bits per heavy atom. The van der Waals surface area contributed by atoms with Crippen LogP contribution in [0.15, 0.2) is 66.7 Å². The molecule has 3 aromatic carbocycles. The molecule has 7 heteroatoms. The van der Waals surface area contributed by atoms with Gasteiger partial charge in [-0.15, -0.1) is 0 Å². The van der Waals surface area contributed by atoms with Gasteiger partial charge in [-0.1, -0.05) is 30.3 Å². The molecule has 7 nitrogen and oxygen atoms in total. The molecule has 0 saturated carbocycles. The molecule has 1 unspecified atom stereocenters. The number of imidazole rings is 1. The van der Waals surface area contributed by atoms with Crippen molar-refractivity contribution in [2.45, 2.75) is 39.5 Å². The maximum Gasteiger partial charge on any atom is 0.244 e. The quantitative estimate of drug-likeness (QED) is 0.404. The Labute approximate surface area is 198 Å². The van der Waals surface area contributed by atoms with Gasteiger partial charge < -0.3 is 24.1 Å². The fourth-order valence-electron chi connectivity index (χ4n) is 4.22. The summed E-state index contributed by atoms with van der Waals surface area (Å²) in [6.07, 6.45) is 0.940. The number of rotatable bonds is 8. The molecule has 1 aliphatic heterocycles. The van der Waals surface area contributed by atoms with Gasteiger partial charge in [-0.3, -0.25) is 4.79 Å². The maximum atomic E-state index is 13.2. The zero-order chi connectivity index (χ0) is 23.5. The van der Waals surface area contributed by atoms with Gasteiger partial charge >= 0.3 is 0 Å². The predicted molar refractivity (Wildman–Crippen MR) is 131 cm³/mol. The number of benzene rings is 3. The minimum absolute atomic E-state index is 0.0912. The summed E-state index contributed by atoms with van der Waals surface area (Å²) in [6.45, 7) is 4.80. The molecule has 1 atom stereocenters. The molecule has 34 heavy (non-hydrogen) atoms. The van der Waals surface area contributed by atoms with E-state index in [1.54, 1.807) is 0 Å². The largest absolute Gasteiger partial charge is 0.492 e. The second-order valence-electron chi connectivity index (χ2n) is 8.27. The summed E-state index contributed by atoms with van der Waals surface area (Å²) in [6, 6.07) is 21.1. The van der Waals surface area contributed by atoms with Gasteiger partial charge in [-0.25, -0.2) is 4.98 Å². The highest BCUT2D eigenvalue weighted by molar-refractivity contribution is 5.93. The fraction of sp³-hybridized carbons (Fsp3) is 0.259. The van der Waals surface area contributed by atoms with Crippen LogP contribution in [0.1, 0.15) is 25.2 Å². The van der Waals surface area contributed by atoms with Crippen LogP contribution in [0.2, 0.25) is 0 Å². The van der Waals surface area contributed by atoms with E-state index in [0.717, 1.165) is 34.5 Å². The predicted octanol–water partition coefficient (Wildman–Crippen LogP) is 4.98. The van der Waals surface area contributed by atoms with Gasteiger partial charge in [-0.2, -0.15) is 0 Å². The molecular weight excluding hydrogens is 430 g/mol. The van der Waals surface area contributed by atoms with Crippen LogP contribution >= 0.6 is 0 Å². The van der Waals surface area contributed by atoms with Crippen molar-refractivity contribution < 1.29 is 19.0 Å². The van der Waals surface area contributed by atoms with Crippen molar-refractivity contribution in [3.8, 4) is 17.2 Å². The summed E-state index contributed by atoms with van der Waals surface area (Å²) in [4.78, 5) is 17.9. The van der Waals surface area contributed by atoms with E-state index < -0.39 is 0 Å². The third kappa shape index (κ3) is 4.55. The van der Waals surface area contributed by atoms with Crippen molar-refractivity contribution >= 4 is 22.6 Å². The lowest BCUT2D eigenvalue weighted by molar-refractivity contribution is -0.116. The first-order valence-corrected chi connectivity index (χ1v) is 11.5. The molecule has 0 saturated heterocycles. The van der Waals surface area contributed by atoms with Crippen LogP contribution in [-0.2, 0) is 24.4 Å². The first-order valence-electron chi connectivity index (χ1n) is 11.5. The molecule has 1 amide bonds. The Morgan fingerprint density at radius 2 is 1.91 bits per heavy atom. The second kappa shape index (κ2) is 9.47. The molecule has 4 aromatic rings. The van der Waals surface area contributed by atoms with Crippen LogP contribution < -0.4 is 19.5 Å². The van der Waals surface area contributed by atoms with E-state index in [2.05, 4.69) is 5.32 Å². The number of para-hydroxylation sites is 3. The molecule has 1 aromatic heterocycles. The Kier molecular flexibility index (Phi) is 6.08. The zero-order valence-corrected chi connectivity index (χ0v) is 19.3. The second-order valence-corrected chi connectivity index (χ2v) is 8.27. The van der Waals surface area contributed by atoms with Gasteiger partial charge in [0.1, 0.15) is 42.3 Å². The van der Waals surface area contributed by atoms with Gasteiger partial charge in [0, 0.05) is 18.1 Å². The van der Waals surface area contributed by atoms with Crippen LogP contribution in [0, 0.1) is 0 Å². The van der Waals surface area contributed by atoms with Gasteiger partial charge in [-0.05, 0) is 44.2 Å². The molecule has 0 aliphatic carbocycles. The Hall–Kier alpha value is -4.00. The monoisotopic (exact) mass is 457 g/mol. The molecule has 1 N–H and O–H groups in total. The summed E-state index contributed by atoms with van der Waals surface area (Å²) in [5.41, 5.74) is 3.39. The molecule has 0 bridgehead atoms. The summed E-state index contributed by atoms with van der Waals surface area (Å²) < 4.78 is 19.5. The number of fused-ring (bicyclic) bond motifs is 2. The molecule has 0 spiro atoms. The smallest absolute Gasteiger partial charge is 0.244 e. The molecule has 5 rings (SSSR count). The maximum absolute atomic E-state index is 13.2. The van der Waals surface area contributed by atoms with E-state index in [1.807, 2.05) is 85.1 Å². The van der Waals surface area contributed by atoms with Gasteiger partial charge in [0.2, 0.25) is 5.91 Å². The lowest BCUT2D eigenvalue weighted by atomic mass is 10.1. The topological polar surface area (TPSA) is 74.6 Å². The fourth-order valence-corrected chi connectivity index (χ4v) is 4.22. The number of nitrogens with zero attached hydrogens (tertiary/aromatic N) is 2. The number of anilines is 1. The number of aromatic nitrogens is 2. The Balaban J connectivity index is 1.39. The number of hydrogen-bond donors (Lipinski definition) is 1. The van der Waals surface area contributed by atoms with Crippen LogP contribution in [0.5, 0.6) is 17.2 Å². The minimum atomic E-state index is -0.184. The van der Waals surface area contributed by atoms with E-state index >= 15 is 0 Å². The van der Waals surface area contributed by atoms with Crippen molar-refractivity contribution in [2.75, 3.05) is 11.9 Å². The normalized spacial score (nSPS) is 14.5. The van der Waals surface area contributed by atoms with Gasteiger partial charge in [0.05, 0.1) is 23.3 Å². The van der Waals surface area contributed by atoms with Crippen LogP contribution in [0.3, 0.4) is 0 Å². The van der Waals surface area contributed by atoms with Crippen LogP contribution in [-0.4, -0.2) is 28.2 Å². The van der Waals surface area contributed by atoms with E-state index in [0.29, 0.717) is 23.9 Å². The van der Waals surface area contributed by atoms with E-state index in [1.165, 1.54) is 0 Å². The highest BCUT2D eigenvalue weighted by Gasteiger charge is 2.23. The molecule has 0 fully saturated rings. The highest BCUT2D eigenvalue weighted by Crippen LogP contribution is 2.38. The van der Waals surface area contributed by atoms with Gasteiger partial charge in [0.25, 0.3) is 0 Å². The number of nitrogens with one attached hydrogen (secondary N) is 1. The highest BCUT2D eigenvalue weighted by atomic mass is 16.5. The standard InChI is InChI=1S/C27H27N3O4/c1-3-32-25-14-19-13-18(2)34-24(19)15-22(25)29-27(31)16-30-23-12-8-7-11-21(23)28-26(30)17-33-20-9-5-4-6-10-20/h4-12,14-15,18H,3,13,16-17H2,1-2H3,(H,29,31). The third-order valence-electron chi connectivity index (χ3n) is 5.72. The first kappa shape index (κ1) is 21.8. The lowest BCUT2D eigenvalue weighted by Gasteiger charge is -2.15. The van der Waals surface area contributed by atoms with Crippen LogP contribution in [0.25, 0.3) is 11.0 Å². The van der Waals surface area contributed by atoms with Crippen LogP contribution in [0.4, 0.5) is 5.69 Å². The average molecular weight is 458 g/mol. The molecule has 174 valence electrons. The zero-order valence-electron chi connectivity index (χ0n) is 19.3. The van der Waals surface area contributed by atoms with E-state index in [-0.39, 0.29) is 25.2 Å². The van der Waals surface area contributed by atoms with Gasteiger partial charge in [0.15, 0.2) is 0 Å². The molecule has 1 aliphatic rings. The molecular formula is C27H27N3O4. The molecule has 2 heterocycles. The summed E-state index contributed by atoms with van der Waals surface area (Å²) in [5.74, 6) is 2.68. The SMILES string of the molecule is CCOc1cc2c(cc1NC(=O)Cn1c(COc3ccccc3)nc3ccccc31)OC(C)C2. The lowest BCUT2D eigenvalue weighted by Crippen LogP contribution is -2.21. The number of amides is 1.